The highest BCUT2D eigenvalue weighted by Crippen LogP contribution is 2.36. The average Bonchev–Trinajstić information content (AvgIpc) is 4.06. The summed E-state index contributed by atoms with van der Waals surface area (Å²) in [5.74, 6) is 1.51. The van der Waals surface area contributed by atoms with Gasteiger partial charge in [0.05, 0.1) is 39.2 Å². The van der Waals surface area contributed by atoms with Gasteiger partial charge < -0.3 is 19.4 Å². The van der Waals surface area contributed by atoms with Crippen molar-refractivity contribution < 1.29 is 4.74 Å². The molecule has 7 nitrogen and oxygen atoms in total. The Morgan fingerprint density at radius 3 is 2.01 bits per heavy atom. The smallest absolute Gasteiger partial charge is 0.328 e. The third-order valence-corrected chi connectivity index (χ3v) is 14.8. The van der Waals surface area contributed by atoms with Crippen molar-refractivity contribution in [2.75, 3.05) is 18.1 Å². The molecular weight excluding hydrogens is 906 g/mol. The van der Waals surface area contributed by atoms with E-state index in [1.54, 1.807) is 11.8 Å². The first-order valence-electron chi connectivity index (χ1n) is 23.8. The normalized spacial score (nSPS) is 12.1. The van der Waals surface area contributed by atoms with Crippen LogP contribution in [-0.4, -0.2) is 40.6 Å². The predicted octanol–water partition coefficient (Wildman–Crippen LogP) is 9.87. The first-order chi connectivity index (χ1) is 34.8. The van der Waals surface area contributed by atoms with Crippen LogP contribution < -0.4 is 37.6 Å². The Labute approximate surface area is 424 Å². The molecule has 0 spiro atoms. The minimum Gasteiger partial charge on any atom is -0.493 e. The van der Waals surface area contributed by atoms with Crippen LogP contribution in [0.5, 0.6) is 5.75 Å². The summed E-state index contributed by atoms with van der Waals surface area (Å²) in [5.41, 5.74) is 17.0. The van der Waals surface area contributed by atoms with E-state index in [1.807, 2.05) is 84.9 Å². The lowest BCUT2D eigenvalue weighted by molar-refractivity contribution is 0.271. The molecule has 3 aromatic heterocycles. The maximum atomic E-state index is 12.0. The van der Waals surface area contributed by atoms with Crippen molar-refractivity contribution in [2.45, 2.75) is 32.1 Å². The SMILES string of the molecule is Cc1ccccc1-c1c2/c(=C(\C#N)CSc3ccccc3N)n([B]c3ccccc3)c(Cc3ccc(OCC(C)C)cc3)c2/c(=C(\C#N)c2nc3ccccc3s2)n1B(c1ccccc1)c1ccccc1. The molecule has 1 radical (unpaired) electrons. The summed E-state index contributed by atoms with van der Waals surface area (Å²) >= 11 is 3.06. The maximum absolute atomic E-state index is 12.0. The number of nitrogens with two attached hydrogens (primary N) is 1. The third-order valence-electron chi connectivity index (χ3n) is 12.7. The van der Waals surface area contributed by atoms with Crippen LogP contribution in [0.15, 0.2) is 193 Å². The number of hydrogen-bond donors (Lipinski definition) is 1. The standard InChI is InChI=1S/C60H49B2N6OS2/c1-40(2)38-69-47-33-31-42(32-34-47)35-52-55-56(57(67(52)61-44-20-7-4-8-21-44)43(36-63)39-70-53-29-17-15-27-50(53)65)58(48-26-14-13-19-41(48)3)68(62(45-22-9-5-10-23-45)46-24-11-6-12-25-46)59(55)49(37-64)60-66-51-28-16-18-30-54(51)71-60/h4-34,40H,35,38-39,65H2,1-3H3/b57-43-,59-49-. The van der Waals surface area contributed by atoms with Gasteiger partial charge in [0.15, 0.2) is 0 Å². The van der Waals surface area contributed by atoms with Gasteiger partial charge in [-0.1, -0.05) is 182 Å². The van der Waals surface area contributed by atoms with Crippen molar-refractivity contribution in [3.63, 3.8) is 0 Å². The summed E-state index contributed by atoms with van der Waals surface area (Å²) in [6.07, 6.45) is 0.450. The molecule has 0 saturated heterocycles. The molecule has 0 unspecified atom stereocenters. The summed E-state index contributed by atoms with van der Waals surface area (Å²) in [6, 6.07) is 69.5. The minimum atomic E-state index is -0.430. The van der Waals surface area contributed by atoms with Gasteiger partial charge in [-0.3, -0.25) is 0 Å². The van der Waals surface area contributed by atoms with E-state index in [9.17, 15) is 10.5 Å². The van der Waals surface area contributed by atoms with Gasteiger partial charge in [-0.05, 0) is 60.4 Å². The van der Waals surface area contributed by atoms with Crippen LogP contribution in [0.25, 0.3) is 43.4 Å². The van der Waals surface area contributed by atoms with Crippen LogP contribution in [0, 0.1) is 35.5 Å². The molecule has 0 bridgehead atoms. The van der Waals surface area contributed by atoms with Gasteiger partial charge in [0, 0.05) is 50.5 Å². The highest BCUT2D eigenvalue weighted by molar-refractivity contribution is 7.99. The summed E-state index contributed by atoms with van der Waals surface area (Å²) in [7, 11) is 2.15. The molecule has 2 N–H and O–H groups in total. The Hall–Kier alpha value is -7.95. The van der Waals surface area contributed by atoms with Crippen molar-refractivity contribution in [1.29, 1.82) is 10.5 Å². The van der Waals surface area contributed by atoms with E-state index >= 15 is 0 Å². The molecule has 0 aliphatic carbocycles. The van der Waals surface area contributed by atoms with Crippen LogP contribution in [0.2, 0.25) is 0 Å². The number of hydrogen-bond acceptors (Lipinski definition) is 7. The second-order valence-electron chi connectivity index (χ2n) is 18.0. The molecule has 343 valence electrons. The highest BCUT2D eigenvalue weighted by atomic mass is 32.2. The fourth-order valence-corrected chi connectivity index (χ4v) is 11.3. The van der Waals surface area contributed by atoms with Gasteiger partial charge in [-0.25, -0.2) is 4.98 Å². The molecule has 3 heterocycles. The molecule has 0 aliphatic rings. The van der Waals surface area contributed by atoms with Crippen LogP contribution in [0.4, 0.5) is 5.69 Å². The lowest BCUT2D eigenvalue weighted by Crippen LogP contribution is -2.53. The quantitative estimate of drug-likeness (QED) is 0.0624. The van der Waals surface area contributed by atoms with E-state index in [-0.39, 0.29) is 0 Å². The lowest BCUT2D eigenvalue weighted by Gasteiger charge is -2.23. The number of nitrogen functional groups attached to an aromatic ring is 1. The number of nitriles is 2. The Morgan fingerprint density at radius 2 is 1.37 bits per heavy atom. The number of anilines is 1. The molecule has 0 atom stereocenters. The van der Waals surface area contributed by atoms with Crippen LogP contribution in [0.3, 0.4) is 0 Å². The van der Waals surface area contributed by atoms with Gasteiger partial charge in [0.1, 0.15) is 22.4 Å². The molecule has 7 aromatic carbocycles. The fourth-order valence-electron chi connectivity index (χ4n) is 9.40. The van der Waals surface area contributed by atoms with Gasteiger partial charge in [0.25, 0.3) is 7.41 Å². The van der Waals surface area contributed by atoms with E-state index in [4.69, 9.17) is 15.5 Å². The number of nitrogens with zero attached hydrogens (tertiary/aromatic N) is 5. The van der Waals surface area contributed by atoms with Crippen LogP contribution in [0.1, 0.15) is 35.7 Å². The predicted molar refractivity (Wildman–Crippen MR) is 298 cm³/mol. The van der Waals surface area contributed by atoms with Gasteiger partial charge in [-0.2, -0.15) is 10.5 Å². The van der Waals surface area contributed by atoms with Crippen molar-refractivity contribution in [3.8, 4) is 29.1 Å². The third kappa shape index (κ3) is 9.55. The van der Waals surface area contributed by atoms with E-state index in [0.29, 0.717) is 46.5 Å². The second kappa shape index (κ2) is 21.0. The molecule has 11 heteroatoms. The number of thioether (sulfide) groups is 1. The number of ether oxygens (including phenoxy) is 1. The number of aromatic nitrogens is 3. The van der Waals surface area contributed by atoms with Gasteiger partial charge in [0.2, 0.25) is 0 Å². The molecular formula is C60H49B2N6OS2. The van der Waals surface area contributed by atoms with Crippen molar-refractivity contribution in [2.24, 2.45) is 5.92 Å². The summed E-state index contributed by atoms with van der Waals surface area (Å²) in [5, 5.41) is 27.5. The largest absolute Gasteiger partial charge is 0.493 e. The van der Waals surface area contributed by atoms with Crippen LogP contribution in [-0.2, 0) is 6.42 Å². The Balaban J connectivity index is 1.46. The maximum Gasteiger partial charge on any atom is 0.328 e. The summed E-state index contributed by atoms with van der Waals surface area (Å²) in [6.45, 7) is 6.61. The zero-order valence-electron chi connectivity index (χ0n) is 39.8. The topological polar surface area (TPSA) is 106 Å². The monoisotopic (exact) mass is 955 g/mol. The number of para-hydroxylation sites is 2. The molecule has 10 rings (SSSR count). The first kappa shape index (κ1) is 46.8. The highest BCUT2D eigenvalue weighted by Gasteiger charge is 2.34. The second-order valence-corrected chi connectivity index (χ2v) is 20.0. The summed E-state index contributed by atoms with van der Waals surface area (Å²) in [4.78, 5) is 6.12. The zero-order chi connectivity index (χ0) is 48.8. The van der Waals surface area contributed by atoms with E-state index in [0.717, 1.165) is 86.8 Å². The van der Waals surface area contributed by atoms with Gasteiger partial charge >= 0.3 is 6.85 Å². The van der Waals surface area contributed by atoms with E-state index < -0.39 is 6.85 Å². The molecule has 0 fully saturated rings. The van der Waals surface area contributed by atoms with E-state index in [2.05, 4.69) is 152 Å². The average molecular weight is 956 g/mol. The number of rotatable bonds is 15. The van der Waals surface area contributed by atoms with E-state index in [1.165, 1.54) is 11.3 Å². The molecule has 0 amide bonds. The zero-order valence-corrected chi connectivity index (χ0v) is 41.4. The lowest BCUT2D eigenvalue weighted by atomic mass is 9.50. The molecule has 0 saturated carbocycles. The van der Waals surface area contributed by atoms with Crippen molar-refractivity contribution in [3.05, 3.63) is 221 Å². The van der Waals surface area contributed by atoms with Crippen molar-refractivity contribution >= 4 is 91.6 Å². The fraction of sp³-hybridized carbons (Fsp3) is 0.117. The first-order valence-corrected chi connectivity index (χ1v) is 25.6. The number of aryl methyl sites for hydroxylation is 1. The van der Waals surface area contributed by atoms with Crippen LogP contribution >= 0.6 is 23.1 Å². The Bertz CT molecular complexity index is 3670. The molecule has 71 heavy (non-hydrogen) atoms. The number of thiazole rings is 1. The molecule has 10 aromatic rings. The van der Waals surface area contributed by atoms with Gasteiger partial charge in [-0.15, -0.1) is 23.1 Å². The minimum absolute atomic E-state index is 0.328. The Kier molecular flexibility index (Phi) is 13.8. The number of benzene rings is 7. The molecule has 0 aliphatic heterocycles. The van der Waals surface area contributed by atoms with Crippen molar-refractivity contribution in [1.82, 2.24) is 13.9 Å². The Morgan fingerprint density at radius 1 is 0.732 bits per heavy atom. The summed E-state index contributed by atoms with van der Waals surface area (Å²) < 4.78 is 11.8. The number of fused-ring (bicyclic) bond motifs is 2.